The first-order valence-corrected chi connectivity index (χ1v) is 9.65. The lowest BCUT2D eigenvalue weighted by atomic mass is 10.1. The molecule has 0 radical (unpaired) electrons. The van der Waals surface area contributed by atoms with Crippen LogP contribution in [0.5, 0.6) is 0 Å². The molecule has 0 fully saturated rings. The number of nitrogens with one attached hydrogen (secondary N) is 3. The maximum absolute atomic E-state index is 14.0. The van der Waals surface area contributed by atoms with E-state index >= 15 is 0 Å². The fourth-order valence-electron chi connectivity index (χ4n) is 2.19. The summed E-state index contributed by atoms with van der Waals surface area (Å²) in [6.07, 6.45) is 0. The van der Waals surface area contributed by atoms with Crippen molar-refractivity contribution >= 4 is 33.5 Å². The molecule has 0 aliphatic heterocycles. The van der Waals surface area contributed by atoms with Crippen LogP contribution in [0.15, 0.2) is 47.4 Å². The lowest BCUT2D eigenvalue weighted by Gasteiger charge is -2.09. The molecule has 2 aromatic carbocycles. The van der Waals surface area contributed by atoms with Gasteiger partial charge in [-0.15, -0.1) is 0 Å². The van der Waals surface area contributed by atoms with Crippen LogP contribution in [0.2, 0.25) is 0 Å². The Morgan fingerprint density at radius 1 is 1.03 bits per heavy atom. The molecule has 0 aromatic heterocycles. The van der Waals surface area contributed by atoms with Crippen molar-refractivity contribution in [2.45, 2.75) is 4.90 Å². The number of rotatable bonds is 7. The Bertz CT molecular complexity index is 1040. The predicted octanol–water partition coefficient (Wildman–Crippen LogP) is 0.889. The lowest BCUT2D eigenvalue weighted by molar-refractivity contribution is -0.139. The number of amides is 2. The molecule has 0 bridgehead atoms. The highest BCUT2D eigenvalue weighted by Crippen LogP contribution is 2.17. The van der Waals surface area contributed by atoms with Crippen LogP contribution in [-0.4, -0.2) is 46.9 Å². The van der Waals surface area contributed by atoms with Gasteiger partial charge in [0.15, 0.2) is 0 Å². The van der Waals surface area contributed by atoms with E-state index in [1.54, 1.807) is 0 Å². The first kappa shape index (κ1) is 22.0. The number of carbonyl (C=O) groups is 3. The van der Waals surface area contributed by atoms with Gasteiger partial charge in [0.05, 0.1) is 17.6 Å². The van der Waals surface area contributed by atoms with Crippen LogP contribution in [0.1, 0.15) is 20.7 Å². The average molecular weight is 423 g/mol. The maximum Gasteiger partial charge on any atom is 0.325 e. The largest absolute Gasteiger partial charge is 0.468 e. The fourth-order valence-corrected chi connectivity index (χ4v) is 2.95. The van der Waals surface area contributed by atoms with Gasteiger partial charge in [-0.2, -0.15) is 0 Å². The van der Waals surface area contributed by atoms with E-state index < -0.39 is 39.2 Å². The average Bonchev–Trinajstić information content (AvgIpc) is 2.72. The summed E-state index contributed by atoms with van der Waals surface area (Å²) in [6.45, 7) is -0.293. The zero-order valence-electron chi connectivity index (χ0n) is 15.5. The number of hydrogen-bond donors (Lipinski definition) is 3. The minimum atomic E-state index is -3.85. The summed E-state index contributed by atoms with van der Waals surface area (Å²) < 4.78 is 44.2. The number of carbonyl (C=O) groups excluding carboxylic acids is 3. The molecule has 9 nitrogen and oxygen atoms in total. The second kappa shape index (κ2) is 9.26. The normalized spacial score (nSPS) is 10.9. The van der Waals surface area contributed by atoms with E-state index in [0.29, 0.717) is 0 Å². The molecule has 0 unspecified atom stereocenters. The van der Waals surface area contributed by atoms with Gasteiger partial charge in [0.2, 0.25) is 10.0 Å². The highest BCUT2D eigenvalue weighted by atomic mass is 32.2. The second-order valence-electron chi connectivity index (χ2n) is 5.64. The van der Waals surface area contributed by atoms with E-state index in [-0.39, 0.29) is 22.7 Å². The van der Waals surface area contributed by atoms with E-state index in [1.807, 2.05) is 0 Å². The summed E-state index contributed by atoms with van der Waals surface area (Å²) in [5.41, 5.74) is 0.0159. The SMILES string of the molecule is CNS(=O)(=O)c1ccc(F)c(C(=O)Nc2ccc(C(=O)NCC(=O)OC)cc2)c1. The van der Waals surface area contributed by atoms with Gasteiger partial charge < -0.3 is 15.4 Å². The Morgan fingerprint density at radius 3 is 2.28 bits per heavy atom. The highest BCUT2D eigenvalue weighted by molar-refractivity contribution is 7.89. The first-order valence-electron chi connectivity index (χ1n) is 8.17. The Labute approximate surface area is 166 Å². The van der Waals surface area contributed by atoms with E-state index in [1.165, 1.54) is 38.4 Å². The standard InChI is InChI=1S/C18H18FN3O6S/c1-20-29(26,27)13-7-8-15(19)14(9-13)18(25)22-12-5-3-11(4-6-12)17(24)21-10-16(23)28-2/h3-9,20H,10H2,1-2H3,(H,21,24)(H,22,25). The lowest BCUT2D eigenvalue weighted by Crippen LogP contribution is -2.30. The summed E-state index contributed by atoms with van der Waals surface area (Å²) in [6, 6.07) is 8.42. The number of sulfonamides is 1. The molecular weight excluding hydrogens is 405 g/mol. The van der Waals surface area contributed by atoms with Crippen molar-refractivity contribution in [1.82, 2.24) is 10.0 Å². The third-order valence-electron chi connectivity index (χ3n) is 3.79. The summed E-state index contributed by atoms with van der Waals surface area (Å²) in [5.74, 6) is -2.88. The van der Waals surface area contributed by atoms with Gasteiger partial charge in [-0.25, -0.2) is 17.5 Å². The van der Waals surface area contributed by atoms with Crippen LogP contribution in [0, 0.1) is 5.82 Å². The first-order chi connectivity index (χ1) is 13.7. The Morgan fingerprint density at radius 2 is 1.69 bits per heavy atom. The molecule has 3 N–H and O–H groups in total. The van der Waals surface area contributed by atoms with E-state index in [2.05, 4.69) is 20.1 Å². The summed E-state index contributed by atoms with van der Waals surface area (Å²) in [5, 5.41) is 4.78. The quantitative estimate of drug-likeness (QED) is 0.567. The zero-order chi connectivity index (χ0) is 21.6. The molecule has 2 amide bonds. The molecule has 0 saturated carbocycles. The highest BCUT2D eigenvalue weighted by Gasteiger charge is 2.18. The van der Waals surface area contributed by atoms with Gasteiger partial charge in [-0.1, -0.05) is 0 Å². The van der Waals surface area contributed by atoms with Crippen LogP contribution < -0.4 is 15.4 Å². The number of esters is 1. The van der Waals surface area contributed by atoms with Crippen molar-refractivity contribution in [3.63, 3.8) is 0 Å². The number of methoxy groups -OCH3 is 1. The summed E-state index contributed by atoms with van der Waals surface area (Å²) in [4.78, 5) is 35.0. The molecule has 11 heteroatoms. The third-order valence-corrected chi connectivity index (χ3v) is 5.20. The molecule has 0 aliphatic rings. The minimum absolute atomic E-state index is 0.222. The van der Waals surface area contributed by atoms with Crippen molar-refractivity contribution in [3.8, 4) is 0 Å². The molecule has 0 heterocycles. The fraction of sp³-hybridized carbons (Fsp3) is 0.167. The molecule has 2 rings (SSSR count). The number of hydrogen-bond acceptors (Lipinski definition) is 6. The molecule has 0 spiro atoms. The van der Waals surface area contributed by atoms with Gasteiger partial charge in [-0.3, -0.25) is 14.4 Å². The zero-order valence-corrected chi connectivity index (χ0v) is 16.3. The predicted molar refractivity (Wildman–Crippen MR) is 101 cm³/mol. The molecule has 2 aromatic rings. The van der Waals surface area contributed by atoms with Crippen LogP contribution in [0.4, 0.5) is 10.1 Å². The van der Waals surface area contributed by atoms with Gasteiger partial charge in [0.1, 0.15) is 12.4 Å². The van der Waals surface area contributed by atoms with Gasteiger partial charge >= 0.3 is 5.97 Å². The maximum atomic E-state index is 14.0. The summed E-state index contributed by atoms with van der Waals surface area (Å²) >= 11 is 0. The van der Waals surface area contributed by atoms with Crippen molar-refractivity contribution in [1.29, 1.82) is 0 Å². The monoisotopic (exact) mass is 423 g/mol. The Kier molecular flexibility index (Phi) is 7.02. The van der Waals surface area contributed by atoms with Crippen molar-refractivity contribution in [2.24, 2.45) is 0 Å². The van der Waals surface area contributed by atoms with Crippen molar-refractivity contribution in [2.75, 3.05) is 26.0 Å². The van der Waals surface area contributed by atoms with Crippen molar-refractivity contribution < 1.29 is 31.9 Å². The second-order valence-corrected chi connectivity index (χ2v) is 7.53. The van der Waals surface area contributed by atoms with Gasteiger partial charge in [-0.05, 0) is 49.5 Å². The number of halogens is 1. The topological polar surface area (TPSA) is 131 Å². The molecular formula is C18H18FN3O6S. The van der Waals surface area contributed by atoms with E-state index in [9.17, 15) is 27.2 Å². The molecule has 154 valence electrons. The number of ether oxygens (including phenoxy) is 1. The third kappa shape index (κ3) is 5.59. The van der Waals surface area contributed by atoms with Crippen LogP contribution >= 0.6 is 0 Å². The van der Waals surface area contributed by atoms with E-state index in [0.717, 1.165) is 18.2 Å². The molecule has 0 saturated heterocycles. The van der Waals surface area contributed by atoms with Crippen molar-refractivity contribution in [3.05, 3.63) is 59.4 Å². The van der Waals surface area contributed by atoms with Crippen LogP contribution in [0.3, 0.4) is 0 Å². The molecule has 29 heavy (non-hydrogen) atoms. The smallest absolute Gasteiger partial charge is 0.325 e. The Hall–Kier alpha value is -3.31. The Balaban J connectivity index is 2.13. The molecule has 0 aliphatic carbocycles. The molecule has 0 atom stereocenters. The summed E-state index contributed by atoms with van der Waals surface area (Å²) in [7, 11) is -1.46. The number of anilines is 1. The number of benzene rings is 2. The van der Waals surface area contributed by atoms with Crippen LogP contribution in [-0.2, 0) is 19.6 Å². The minimum Gasteiger partial charge on any atom is -0.468 e. The van der Waals surface area contributed by atoms with Gasteiger partial charge in [0.25, 0.3) is 11.8 Å². The van der Waals surface area contributed by atoms with Gasteiger partial charge in [0, 0.05) is 11.3 Å². The van der Waals surface area contributed by atoms with Crippen LogP contribution in [0.25, 0.3) is 0 Å². The van der Waals surface area contributed by atoms with E-state index in [4.69, 9.17) is 0 Å².